The van der Waals surface area contributed by atoms with E-state index in [0.29, 0.717) is 32.0 Å². The minimum Gasteiger partial charge on any atom is -0.492 e. The van der Waals surface area contributed by atoms with Crippen molar-refractivity contribution in [3.8, 4) is 11.5 Å². The van der Waals surface area contributed by atoms with Crippen LogP contribution < -0.4 is 14.8 Å². The van der Waals surface area contributed by atoms with Crippen LogP contribution in [0, 0.1) is 13.8 Å². The Kier molecular flexibility index (Phi) is 17.3. The van der Waals surface area contributed by atoms with E-state index < -0.39 is 11.6 Å². The van der Waals surface area contributed by atoms with E-state index in [1.54, 1.807) is 12.1 Å². The smallest absolute Gasteiger partial charge is 0.347 e. The van der Waals surface area contributed by atoms with Gasteiger partial charge in [-0.1, -0.05) is 51.1 Å². The van der Waals surface area contributed by atoms with Gasteiger partial charge in [0.2, 0.25) is 0 Å². The molecule has 2 aromatic carbocycles. The fourth-order valence-electron chi connectivity index (χ4n) is 4.25. The summed E-state index contributed by atoms with van der Waals surface area (Å²) in [6.45, 7) is 17.3. The maximum atomic E-state index is 11.1. The maximum Gasteiger partial charge on any atom is 0.347 e. The first-order valence-electron chi connectivity index (χ1n) is 15.3. The van der Waals surface area contributed by atoms with E-state index in [9.17, 15) is 9.59 Å². The highest BCUT2D eigenvalue weighted by Gasteiger charge is 2.29. The SMILES string of the molecule is CC.CC/C=C\Cc1ccc(OCC)c(NC)c1C.Cc1ccc(CN(CC=O)Cc2ccc(OC(C)(C)C(=O)O)cc2)o1. The van der Waals surface area contributed by atoms with Gasteiger partial charge in [0.05, 0.1) is 25.4 Å². The van der Waals surface area contributed by atoms with Crippen LogP contribution in [0.2, 0.25) is 0 Å². The number of hydrogen-bond donors (Lipinski definition) is 2. The van der Waals surface area contributed by atoms with Gasteiger partial charge in [0.15, 0.2) is 5.60 Å². The molecule has 0 amide bonds. The zero-order valence-electron chi connectivity index (χ0n) is 28.0. The molecule has 3 aromatic rings. The van der Waals surface area contributed by atoms with Crippen molar-refractivity contribution in [1.82, 2.24) is 4.90 Å². The molecule has 0 aliphatic rings. The molecule has 0 spiro atoms. The van der Waals surface area contributed by atoms with Gasteiger partial charge in [-0.15, -0.1) is 0 Å². The fourth-order valence-corrected chi connectivity index (χ4v) is 4.25. The molecule has 0 saturated heterocycles. The number of anilines is 1. The van der Waals surface area contributed by atoms with Crippen molar-refractivity contribution in [3.05, 3.63) is 88.9 Å². The molecular weight excluding hydrogens is 556 g/mol. The molecule has 8 heteroatoms. The maximum absolute atomic E-state index is 11.1. The summed E-state index contributed by atoms with van der Waals surface area (Å²) < 4.78 is 16.7. The highest BCUT2D eigenvalue weighted by Crippen LogP contribution is 2.31. The Balaban J connectivity index is 0.000000445. The van der Waals surface area contributed by atoms with E-state index in [1.165, 1.54) is 25.0 Å². The van der Waals surface area contributed by atoms with Crippen LogP contribution in [0.1, 0.15) is 76.2 Å². The van der Waals surface area contributed by atoms with E-state index in [1.807, 2.05) is 63.9 Å². The number of carboxylic acid groups (broad SMARTS) is 1. The van der Waals surface area contributed by atoms with E-state index in [-0.39, 0.29) is 0 Å². The van der Waals surface area contributed by atoms with Crippen LogP contribution in [-0.4, -0.2) is 48.1 Å². The third kappa shape index (κ3) is 12.7. The van der Waals surface area contributed by atoms with Crippen LogP contribution in [0.25, 0.3) is 0 Å². The summed E-state index contributed by atoms with van der Waals surface area (Å²) in [6.07, 6.45) is 7.37. The minimum absolute atomic E-state index is 0.296. The van der Waals surface area contributed by atoms with Gasteiger partial charge in [0, 0.05) is 13.6 Å². The summed E-state index contributed by atoms with van der Waals surface area (Å²) in [4.78, 5) is 24.0. The molecule has 0 fully saturated rings. The number of aldehydes is 1. The molecule has 2 N–H and O–H groups in total. The zero-order valence-corrected chi connectivity index (χ0v) is 28.0. The summed E-state index contributed by atoms with van der Waals surface area (Å²) in [7, 11) is 1.94. The lowest BCUT2D eigenvalue weighted by Gasteiger charge is -2.22. The van der Waals surface area contributed by atoms with Crippen LogP contribution in [0.4, 0.5) is 5.69 Å². The summed E-state index contributed by atoms with van der Waals surface area (Å²) in [5, 5.41) is 12.3. The quantitative estimate of drug-likeness (QED) is 0.132. The average molecular weight is 609 g/mol. The molecule has 1 heterocycles. The third-order valence-electron chi connectivity index (χ3n) is 6.55. The van der Waals surface area contributed by atoms with Crippen LogP contribution in [0.5, 0.6) is 11.5 Å². The summed E-state index contributed by atoms with van der Waals surface area (Å²) in [5.41, 5.74) is 3.43. The number of ether oxygens (including phenoxy) is 2. The Morgan fingerprint density at radius 1 is 1.00 bits per heavy atom. The Labute approximate surface area is 264 Å². The van der Waals surface area contributed by atoms with Gasteiger partial charge in [-0.2, -0.15) is 0 Å². The van der Waals surface area contributed by atoms with Crippen LogP contribution >= 0.6 is 0 Å². The number of furan rings is 1. The highest BCUT2D eigenvalue weighted by molar-refractivity contribution is 5.76. The molecule has 0 saturated carbocycles. The second kappa shape index (κ2) is 20.0. The lowest BCUT2D eigenvalue weighted by molar-refractivity contribution is -0.152. The van der Waals surface area contributed by atoms with Gasteiger partial charge in [0.25, 0.3) is 0 Å². The number of carbonyl (C=O) groups is 2. The van der Waals surface area contributed by atoms with E-state index in [0.717, 1.165) is 47.6 Å². The first-order chi connectivity index (χ1) is 21.0. The van der Waals surface area contributed by atoms with Gasteiger partial charge in [-0.05, 0) is 94.5 Å². The molecule has 0 aliphatic carbocycles. The number of allylic oxidation sites excluding steroid dienone is 2. The van der Waals surface area contributed by atoms with E-state index in [4.69, 9.17) is 19.0 Å². The fraction of sp³-hybridized carbons (Fsp3) is 0.444. The van der Waals surface area contributed by atoms with Crippen molar-refractivity contribution in [3.63, 3.8) is 0 Å². The van der Waals surface area contributed by atoms with Gasteiger partial charge >= 0.3 is 5.97 Å². The van der Waals surface area contributed by atoms with E-state index >= 15 is 0 Å². The van der Waals surface area contributed by atoms with Gasteiger partial charge in [-0.3, -0.25) is 4.90 Å². The standard InChI is InChI=1S/C19H23NO5.C15H23NO.C2H6/c1-14-4-7-17(24-14)13-20(10-11-21)12-15-5-8-16(9-6-15)25-19(2,3)18(22)23;1-5-7-8-9-13-10-11-14(17-6-2)15(16-4)12(13)3;1-2/h4-9,11H,10,12-13H2,1-3H3,(H,22,23);7-8,10-11,16H,5-6,9H2,1-4H3;1-2H3/b;8-7-;. The zero-order chi connectivity index (χ0) is 33.1. The first-order valence-corrected chi connectivity index (χ1v) is 15.3. The number of nitrogens with zero attached hydrogens (tertiary/aromatic N) is 1. The number of aryl methyl sites for hydroxylation is 1. The second-order valence-electron chi connectivity index (χ2n) is 10.4. The van der Waals surface area contributed by atoms with Crippen molar-refractivity contribution < 1.29 is 28.6 Å². The lowest BCUT2D eigenvalue weighted by atomic mass is 10.0. The second-order valence-corrected chi connectivity index (χ2v) is 10.4. The predicted octanol–water partition coefficient (Wildman–Crippen LogP) is 8.00. The number of rotatable bonds is 15. The van der Waals surface area contributed by atoms with Gasteiger partial charge in [0.1, 0.15) is 29.3 Å². The highest BCUT2D eigenvalue weighted by atomic mass is 16.5. The molecule has 3 rings (SSSR count). The molecule has 0 aliphatic heterocycles. The number of carbonyl (C=O) groups excluding carboxylic acids is 1. The molecule has 44 heavy (non-hydrogen) atoms. The topological polar surface area (TPSA) is 101 Å². The Bertz CT molecular complexity index is 1290. The monoisotopic (exact) mass is 608 g/mol. The van der Waals surface area contributed by atoms with Gasteiger partial charge < -0.3 is 29.1 Å². The molecule has 0 unspecified atom stereocenters. The third-order valence-corrected chi connectivity index (χ3v) is 6.55. The Morgan fingerprint density at radius 2 is 1.68 bits per heavy atom. The number of hydrogen-bond acceptors (Lipinski definition) is 7. The van der Waals surface area contributed by atoms with Crippen LogP contribution in [0.15, 0.2) is 65.1 Å². The minimum atomic E-state index is -1.29. The Morgan fingerprint density at radius 3 is 2.20 bits per heavy atom. The number of aliphatic carboxylic acids is 1. The first kappa shape index (κ1) is 38.0. The van der Waals surface area contributed by atoms with E-state index in [2.05, 4.69) is 43.4 Å². The lowest BCUT2D eigenvalue weighted by Crippen LogP contribution is -2.37. The normalized spacial score (nSPS) is 10.9. The molecule has 1 aromatic heterocycles. The molecule has 0 radical (unpaired) electrons. The van der Waals surface area contributed by atoms with Crippen molar-refractivity contribution in [2.75, 3.05) is 25.5 Å². The summed E-state index contributed by atoms with van der Waals surface area (Å²) in [6, 6.07) is 15.2. The van der Waals surface area contributed by atoms with Crippen molar-refractivity contribution in [1.29, 1.82) is 0 Å². The number of benzene rings is 2. The summed E-state index contributed by atoms with van der Waals surface area (Å²) in [5.74, 6) is 2.05. The van der Waals surface area contributed by atoms with Crippen molar-refractivity contribution >= 4 is 17.9 Å². The van der Waals surface area contributed by atoms with Crippen molar-refractivity contribution in [2.45, 2.75) is 86.9 Å². The average Bonchev–Trinajstić information content (AvgIpc) is 3.41. The molecule has 0 bridgehead atoms. The summed E-state index contributed by atoms with van der Waals surface area (Å²) >= 11 is 0. The van der Waals surface area contributed by atoms with Crippen LogP contribution in [-0.2, 0) is 29.1 Å². The molecular formula is C36H52N2O6. The van der Waals surface area contributed by atoms with Crippen LogP contribution in [0.3, 0.4) is 0 Å². The number of carboxylic acids is 1. The number of nitrogens with one attached hydrogen (secondary N) is 1. The molecule has 242 valence electrons. The van der Waals surface area contributed by atoms with Gasteiger partial charge in [-0.25, -0.2) is 4.79 Å². The predicted molar refractivity (Wildman–Crippen MR) is 179 cm³/mol. The largest absolute Gasteiger partial charge is 0.492 e. The Hall–Kier alpha value is -4.04. The van der Waals surface area contributed by atoms with Crippen molar-refractivity contribution in [2.24, 2.45) is 0 Å². The molecule has 0 atom stereocenters. The molecule has 8 nitrogen and oxygen atoms in total.